The lowest BCUT2D eigenvalue weighted by Gasteiger charge is -2.11. The van der Waals surface area contributed by atoms with Crippen LogP contribution in [0.3, 0.4) is 0 Å². The number of rotatable bonds is 5. The van der Waals surface area contributed by atoms with Gasteiger partial charge in [0.2, 0.25) is 0 Å². The van der Waals surface area contributed by atoms with Gasteiger partial charge in [0.05, 0.1) is 35.6 Å². The highest BCUT2D eigenvalue weighted by molar-refractivity contribution is 5.95. The van der Waals surface area contributed by atoms with Gasteiger partial charge in [0.1, 0.15) is 5.56 Å². The normalized spacial score (nSPS) is 11.0. The van der Waals surface area contributed by atoms with Crippen LogP contribution in [-0.4, -0.2) is 37.3 Å². The first kappa shape index (κ1) is 18.7. The molecule has 0 unspecified atom stereocenters. The predicted molar refractivity (Wildman–Crippen MR) is 118 cm³/mol. The smallest absolute Gasteiger partial charge is 0.343 e. The van der Waals surface area contributed by atoms with Gasteiger partial charge in [-0.25, -0.2) is 14.8 Å². The van der Waals surface area contributed by atoms with Crippen molar-refractivity contribution in [1.82, 2.24) is 24.7 Å². The van der Waals surface area contributed by atoms with Crippen molar-refractivity contribution < 1.29 is 9.53 Å². The van der Waals surface area contributed by atoms with Gasteiger partial charge in [-0.1, -0.05) is 30.3 Å². The zero-order chi connectivity index (χ0) is 21.2. The maximum Gasteiger partial charge on any atom is 0.343 e. The van der Waals surface area contributed by atoms with E-state index in [4.69, 9.17) is 4.74 Å². The van der Waals surface area contributed by atoms with Crippen molar-refractivity contribution in [3.63, 3.8) is 0 Å². The maximum atomic E-state index is 12.6. The molecule has 0 spiro atoms. The second-order valence-corrected chi connectivity index (χ2v) is 6.77. The van der Waals surface area contributed by atoms with Crippen molar-refractivity contribution in [2.75, 3.05) is 11.9 Å². The van der Waals surface area contributed by atoms with Gasteiger partial charge in [0.25, 0.3) is 0 Å². The number of hydrogen-bond acceptors (Lipinski definition) is 7. The Balaban J connectivity index is 1.61. The van der Waals surface area contributed by atoms with Crippen molar-refractivity contribution in [2.45, 2.75) is 6.92 Å². The minimum Gasteiger partial charge on any atom is -0.462 e. The number of hydrogen-bond donors (Lipinski definition) is 1. The predicted octanol–water partition coefficient (Wildman–Crippen LogP) is 4.28. The number of nitrogens with zero attached hydrogens (tertiary/aromatic N) is 5. The molecule has 0 aliphatic carbocycles. The number of carbonyl (C=O) groups excluding carboxylic acids is 1. The SMILES string of the molecule is CCOC(=O)c1cnn(-c2ccc3ccccc3n2)c1Nc1cnc2ccccc2n1. The molecular formula is C23H18N6O2. The molecule has 8 nitrogen and oxygen atoms in total. The molecule has 0 saturated carbocycles. The number of carbonyl (C=O) groups is 1. The molecule has 0 aliphatic rings. The van der Waals surface area contributed by atoms with Gasteiger partial charge in [-0.3, -0.25) is 4.98 Å². The van der Waals surface area contributed by atoms with Gasteiger partial charge in [-0.15, -0.1) is 0 Å². The van der Waals surface area contributed by atoms with Crippen LogP contribution in [0.5, 0.6) is 0 Å². The lowest BCUT2D eigenvalue weighted by Crippen LogP contribution is -2.10. The number of benzene rings is 2. The zero-order valence-corrected chi connectivity index (χ0v) is 16.7. The average Bonchev–Trinajstić information content (AvgIpc) is 3.22. The average molecular weight is 410 g/mol. The molecule has 0 amide bonds. The first-order valence-electron chi connectivity index (χ1n) is 9.83. The summed E-state index contributed by atoms with van der Waals surface area (Å²) < 4.78 is 6.77. The van der Waals surface area contributed by atoms with Crippen LogP contribution in [0, 0.1) is 0 Å². The molecule has 0 aliphatic heterocycles. The Hall–Kier alpha value is -4.33. The highest BCUT2D eigenvalue weighted by Gasteiger charge is 2.21. The number of fused-ring (bicyclic) bond motifs is 2. The molecule has 0 saturated heterocycles. The second kappa shape index (κ2) is 7.83. The van der Waals surface area contributed by atoms with Crippen LogP contribution in [0.2, 0.25) is 0 Å². The van der Waals surface area contributed by atoms with Crippen LogP contribution in [0.4, 0.5) is 11.6 Å². The van der Waals surface area contributed by atoms with Crippen LogP contribution in [0.1, 0.15) is 17.3 Å². The van der Waals surface area contributed by atoms with E-state index in [-0.39, 0.29) is 12.2 Å². The van der Waals surface area contributed by atoms with Crippen LogP contribution < -0.4 is 5.32 Å². The molecule has 1 N–H and O–H groups in total. The summed E-state index contributed by atoms with van der Waals surface area (Å²) in [5.74, 6) is 0.967. The molecule has 0 atom stereocenters. The number of aromatic nitrogens is 5. The maximum absolute atomic E-state index is 12.6. The second-order valence-electron chi connectivity index (χ2n) is 6.77. The third-order valence-electron chi connectivity index (χ3n) is 4.76. The molecule has 3 heterocycles. The first-order chi connectivity index (χ1) is 15.2. The quantitative estimate of drug-likeness (QED) is 0.432. The highest BCUT2D eigenvalue weighted by atomic mass is 16.5. The molecule has 5 aromatic rings. The van der Waals surface area contributed by atoms with Crippen molar-refractivity contribution >= 4 is 39.5 Å². The van der Waals surface area contributed by atoms with Gasteiger partial charge in [0.15, 0.2) is 17.5 Å². The van der Waals surface area contributed by atoms with Crippen molar-refractivity contribution in [3.05, 3.63) is 78.6 Å². The lowest BCUT2D eigenvalue weighted by atomic mass is 10.2. The van der Waals surface area contributed by atoms with E-state index in [1.807, 2.05) is 60.7 Å². The fraction of sp³-hybridized carbons (Fsp3) is 0.0870. The van der Waals surface area contributed by atoms with Crippen molar-refractivity contribution in [1.29, 1.82) is 0 Å². The molecule has 3 aromatic heterocycles. The molecule has 8 heteroatoms. The summed E-state index contributed by atoms with van der Waals surface area (Å²) in [7, 11) is 0. The van der Waals surface area contributed by atoms with E-state index in [9.17, 15) is 4.79 Å². The van der Waals surface area contributed by atoms with Crippen LogP contribution in [0.15, 0.2) is 73.1 Å². The molecule has 2 aromatic carbocycles. The Labute approximate surface area is 177 Å². The number of ether oxygens (including phenoxy) is 1. The van der Waals surface area contributed by atoms with Crippen molar-refractivity contribution in [3.8, 4) is 5.82 Å². The Kier molecular flexibility index (Phi) is 4.72. The third-order valence-corrected chi connectivity index (χ3v) is 4.76. The van der Waals surface area contributed by atoms with E-state index in [2.05, 4.69) is 25.4 Å². The molecule has 31 heavy (non-hydrogen) atoms. The minimum absolute atomic E-state index is 0.257. The monoisotopic (exact) mass is 410 g/mol. The number of esters is 1. The fourth-order valence-electron chi connectivity index (χ4n) is 3.31. The van der Waals surface area contributed by atoms with Crippen molar-refractivity contribution in [2.24, 2.45) is 0 Å². The summed E-state index contributed by atoms with van der Waals surface area (Å²) in [6.07, 6.45) is 3.08. The Morgan fingerprint density at radius 2 is 1.71 bits per heavy atom. The number of para-hydroxylation sites is 3. The summed E-state index contributed by atoms with van der Waals surface area (Å²) >= 11 is 0. The molecule has 0 bridgehead atoms. The van der Waals surface area contributed by atoms with E-state index in [1.165, 1.54) is 6.20 Å². The minimum atomic E-state index is -0.481. The lowest BCUT2D eigenvalue weighted by molar-refractivity contribution is 0.0527. The highest BCUT2D eigenvalue weighted by Crippen LogP contribution is 2.25. The summed E-state index contributed by atoms with van der Waals surface area (Å²) in [5.41, 5.74) is 2.62. The van der Waals surface area contributed by atoms with E-state index in [0.717, 1.165) is 21.9 Å². The summed E-state index contributed by atoms with van der Waals surface area (Å²) in [4.78, 5) is 26.3. The van der Waals surface area contributed by atoms with Gasteiger partial charge in [-0.2, -0.15) is 9.78 Å². The van der Waals surface area contributed by atoms with E-state index >= 15 is 0 Å². The first-order valence-corrected chi connectivity index (χ1v) is 9.83. The summed E-state index contributed by atoms with van der Waals surface area (Å²) in [6.45, 7) is 2.02. The Morgan fingerprint density at radius 3 is 2.55 bits per heavy atom. The van der Waals surface area contributed by atoms with Gasteiger partial charge in [0, 0.05) is 5.39 Å². The van der Waals surface area contributed by atoms with Crippen LogP contribution >= 0.6 is 0 Å². The largest absolute Gasteiger partial charge is 0.462 e. The number of anilines is 2. The standard InChI is InChI=1S/C23H18N6O2/c1-2-31-23(30)16-13-25-29(21-12-11-15-7-3-4-8-17(15)27-21)22(16)28-20-14-24-18-9-5-6-10-19(18)26-20/h3-14H,2H2,1H3,(H,26,28). The van der Waals surface area contributed by atoms with E-state index < -0.39 is 5.97 Å². The third kappa shape index (κ3) is 3.55. The van der Waals surface area contributed by atoms with E-state index in [0.29, 0.717) is 17.5 Å². The molecule has 0 radical (unpaired) electrons. The molecule has 0 fully saturated rings. The summed E-state index contributed by atoms with van der Waals surface area (Å²) in [5, 5.41) is 8.60. The van der Waals surface area contributed by atoms with E-state index in [1.54, 1.807) is 17.8 Å². The van der Waals surface area contributed by atoms with Gasteiger partial charge < -0.3 is 10.1 Å². The van der Waals surface area contributed by atoms with Gasteiger partial charge in [-0.05, 0) is 37.3 Å². The fourth-order valence-corrected chi connectivity index (χ4v) is 3.31. The molecule has 152 valence electrons. The van der Waals surface area contributed by atoms with Crippen LogP contribution in [-0.2, 0) is 4.74 Å². The summed E-state index contributed by atoms with van der Waals surface area (Å²) in [6, 6.07) is 19.2. The van der Waals surface area contributed by atoms with Gasteiger partial charge >= 0.3 is 5.97 Å². The molecule has 5 rings (SSSR count). The Morgan fingerprint density at radius 1 is 0.935 bits per heavy atom. The number of nitrogens with one attached hydrogen (secondary N) is 1. The zero-order valence-electron chi connectivity index (χ0n) is 16.7. The Bertz CT molecular complexity index is 1410. The van der Waals surface area contributed by atoms with Crippen LogP contribution in [0.25, 0.3) is 27.8 Å². The topological polar surface area (TPSA) is 94.8 Å². The molecular weight excluding hydrogens is 392 g/mol. The number of pyridine rings is 1.